The molecule has 0 aromatic heterocycles. The molecule has 0 heterocycles. The van der Waals surface area contributed by atoms with Crippen LogP contribution in [0.4, 0.5) is 11.4 Å². The third-order valence-corrected chi connectivity index (χ3v) is 5.74. The van der Waals surface area contributed by atoms with Gasteiger partial charge < -0.3 is 10.1 Å². The lowest BCUT2D eigenvalue weighted by Gasteiger charge is -2.11. The number of sulfonamides is 1. The fourth-order valence-electron chi connectivity index (χ4n) is 2.44. The number of anilines is 2. The Labute approximate surface area is 171 Å². The molecule has 28 heavy (non-hydrogen) atoms. The van der Waals surface area contributed by atoms with Crippen LogP contribution in [0, 0.1) is 0 Å². The molecule has 0 unspecified atom stereocenters. The van der Waals surface area contributed by atoms with E-state index in [-0.39, 0.29) is 10.8 Å². The molecule has 0 fully saturated rings. The molecule has 2 N–H and O–H groups in total. The summed E-state index contributed by atoms with van der Waals surface area (Å²) >= 11 is 3.31. The minimum Gasteiger partial charge on any atom is -0.497 e. The smallest absolute Gasteiger partial charge is 0.261 e. The summed E-state index contributed by atoms with van der Waals surface area (Å²) in [6, 6.07) is 19.5. The van der Waals surface area contributed by atoms with Crippen LogP contribution in [0.1, 0.15) is 10.4 Å². The van der Waals surface area contributed by atoms with E-state index in [0.29, 0.717) is 22.7 Å². The summed E-state index contributed by atoms with van der Waals surface area (Å²) in [5.41, 5.74) is 1.21. The minimum absolute atomic E-state index is 0.0406. The molecule has 6 nitrogen and oxygen atoms in total. The second-order valence-corrected chi connectivity index (χ2v) is 8.42. The molecule has 0 saturated carbocycles. The van der Waals surface area contributed by atoms with Crippen LogP contribution < -0.4 is 14.8 Å². The summed E-state index contributed by atoms with van der Waals surface area (Å²) in [5, 5.41) is 2.70. The van der Waals surface area contributed by atoms with E-state index in [9.17, 15) is 13.2 Å². The summed E-state index contributed by atoms with van der Waals surface area (Å²) < 4.78 is 33.7. The van der Waals surface area contributed by atoms with E-state index in [1.54, 1.807) is 60.7 Å². The number of nitrogens with one attached hydrogen (secondary N) is 2. The van der Waals surface area contributed by atoms with Crippen LogP contribution >= 0.6 is 15.9 Å². The third-order valence-electron chi connectivity index (χ3n) is 3.83. The van der Waals surface area contributed by atoms with Crippen LogP contribution in [-0.2, 0) is 10.0 Å². The summed E-state index contributed by atoms with van der Waals surface area (Å²) in [5.74, 6) is 0.192. The second kappa shape index (κ2) is 8.45. The summed E-state index contributed by atoms with van der Waals surface area (Å²) in [6.45, 7) is 0. The van der Waals surface area contributed by atoms with Crippen LogP contribution in [0.3, 0.4) is 0 Å². The highest BCUT2D eigenvalue weighted by atomic mass is 79.9. The molecule has 144 valence electrons. The standard InChI is InChI=1S/C20H17BrN2O4S/c1-27-18-6-2-4-14(12-18)20(24)22-17-5-3-7-19(13-17)28(25,26)23-16-10-8-15(21)9-11-16/h2-13,23H,1H3,(H,22,24). The molecule has 8 heteroatoms. The van der Waals surface area contributed by atoms with Gasteiger partial charge in [0.2, 0.25) is 0 Å². The number of hydrogen-bond donors (Lipinski definition) is 2. The molecule has 0 spiro atoms. The molecule has 3 aromatic rings. The zero-order valence-electron chi connectivity index (χ0n) is 14.8. The molecular weight excluding hydrogens is 444 g/mol. The van der Waals surface area contributed by atoms with Gasteiger partial charge in [0.25, 0.3) is 15.9 Å². The maximum absolute atomic E-state index is 12.6. The lowest BCUT2D eigenvalue weighted by atomic mass is 10.2. The monoisotopic (exact) mass is 460 g/mol. The van der Waals surface area contributed by atoms with Crippen LogP contribution in [0.5, 0.6) is 5.75 Å². The molecule has 0 bridgehead atoms. The first-order valence-corrected chi connectivity index (χ1v) is 10.5. The van der Waals surface area contributed by atoms with Crippen molar-refractivity contribution in [3.63, 3.8) is 0 Å². The molecule has 0 atom stereocenters. The topological polar surface area (TPSA) is 84.5 Å². The van der Waals surface area contributed by atoms with Gasteiger partial charge in [-0.05, 0) is 60.7 Å². The van der Waals surface area contributed by atoms with E-state index >= 15 is 0 Å². The Balaban J connectivity index is 1.79. The van der Waals surface area contributed by atoms with E-state index in [0.717, 1.165) is 4.47 Å². The average Bonchev–Trinajstić information content (AvgIpc) is 2.70. The number of benzene rings is 3. The van der Waals surface area contributed by atoms with E-state index in [1.807, 2.05) is 0 Å². The van der Waals surface area contributed by atoms with Crippen molar-refractivity contribution >= 4 is 43.2 Å². The van der Waals surface area contributed by atoms with Gasteiger partial charge in [-0.1, -0.05) is 28.1 Å². The fourth-order valence-corrected chi connectivity index (χ4v) is 3.81. The Morgan fingerprint density at radius 2 is 1.64 bits per heavy atom. The Morgan fingerprint density at radius 3 is 2.36 bits per heavy atom. The molecule has 0 radical (unpaired) electrons. The third kappa shape index (κ3) is 4.90. The zero-order valence-corrected chi connectivity index (χ0v) is 17.2. The van der Waals surface area contributed by atoms with Crippen LogP contribution in [0.2, 0.25) is 0 Å². The zero-order chi connectivity index (χ0) is 20.1. The van der Waals surface area contributed by atoms with E-state index in [4.69, 9.17) is 4.74 Å². The average molecular weight is 461 g/mol. The van der Waals surface area contributed by atoms with E-state index in [2.05, 4.69) is 26.0 Å². The number of carbonyl (C=O) groups is 1. The number of amides is 1. The van der Waals surface area contributed by atoms with Gasteiger partial charge in [-0.2, -0.15) is 0 Å². The lowest BCUT2D eigenvalue weighted by molar-refractivity contribution is 0.102. The summed E-state index contributed by atoms with van der Waals surface area (Å²) in [4.78, 5) is 12.5. The molecule has 0 aliphatic carbocycles. The van der Waals surface area contributed by atoms with Crippen molar-refractivity contribution in [3.05, 3.63) is 82.8 Å². The number of ether oxygens (including phenoxy) is 1. The first-order valence-electron chi connectivity index (χ1n) is 8.21. The van der Waals surface area contributed by atoms with E-state index in [1.165, 1.54) is 19.2 Å². The molecule has 3 aromatic carbocycles. The first-order chi connectivity index (χ1) is 13.4. The molecule has 1 amide bonds. The largest absolute Gasteiger partial charge is 0.497 e. The van der Waals surface area contributed by atoms with Crippen molar-refractivity contribution in [2.24, 2.45) is 0 Å². The van der Waals surface area contributed by atoms with Gasteiger partial charge >= 0.3 is 0 Å². The molecule has 3 rings (SSSR count). The predicted octanol–water partition coefficient (Wildman–Crippen LogP) is 4.51. The van der Waals surface area contributed by atoms with Crippen molar-refractivity contribution in [2.45, 2.75) is 4.90 Å². The second-order valence-electron chi connectivity index (χ2n) is 5.83. The van der Waals surface area contributed by atoms with Gasteiger partial charge in [-0.15, -0.1) is 0 Å². The Bertz CT molecular complexity index is 1100. The Hall–Kier alpha value is -2.84. The molecule has 0 aliphatic heterocycles. The maximum Gasteiger partial charge on any atom is 0.261 e. The van der Waals surface area contributed by atoms with Crippen molar-refractivity contribution in [1.82, 2.24) is 0 Å². The van der Waals surface area contributed by atoms with Crippen molar-refractivity contribution in [3.8, 4) is 5.75 Å². The fraction of sp³-hybridized carbons (Fsp3) is 0.0500. The van der Waals surface area contributed by atoms with Crippen molar-refractivity contribution in [1.29, 1.82) is 0 Å². The lowest BCUT2D eigenvalue weighted by Crippen LogP contribution is -2.15. The molecule has 0 saturated heterocycles. The number of methoxy groups -OCH3 is 1. The van der Waals surface area contributed by atoms with Gasteiger partial charge in [0.05, 0.1) is 12.0 Å². The molecular formula is C20H17BrN2O4S. The molecule has 0 aliphatic rings. The Morgan fingerprint density at radius 1 is 0.929 bits per heavy atom. The summed E-state index contributed by atoms with van der Waals surface area (Å²) in [6.07, 6.45) is 0. The van der Waals surface area contributed by atoms with Gasteiger partial charge in [0, 0.05) is 21.4 Å². The number of hydrogen-bond acceptors (Lipinski definition) is 4. The van der Waals surface area contributed by atoms with Gasteiger partial charge in [0.15, 0.2) is 0 Å². The highest BCUT2D eigenvalue weighted by molar-refractivity contribution is 9.10. The minimum atomic E-state index is -3.80. The quantitative estimate of drug-likeness (QED) is 0.566. The highest BCUT2D eigenvalue weighted by Crippen LogP contribution is 2.21. The number of carbonyl (C=O) groups excluding carboxylic acids is 1. The normalized spacial score (nSPS) is 10.9. The SMILES string of the molecule is COc1cccc(C(=O)Nc2cccc(S(=O)(=O)Nc3ccc(Br)cc3)c2)c1. The van der Waals surface area contributed by atoms with Crippen LogP contribution in [0.15, 0.2) is 82.2 Å². The summed E-state index contributed by atoms with van der Waals surface area (Å²) in [7, 11) is -2.28. The predicted molar refractivity (Wildman–Crippen MR) is 112 cm³/mol. The maximum atomic E-state index is 12.6. The van der Waals surface area contributed by atoms with Crippen molar-refractivity contribution < 1.29 is 17.9 Å². The Kier molecular flexibility index (Phi) is 6.01. The van der Waals surface area contributed by atoms with Crippen LogP contribution in [0.25, 0.3) is 0 Å². The number of rotatable bonds is 6. The van der Waals surface area contributed by atoms with Gasteiger partial charge in [0.1, 0.15) is 5.75 Å². The first kappa shape index (κ1) is 19.9. The van der Waals surface area contributed by atoms with Gasteiger partial charge in [-0.25, -0.2) is 8.42 Å². The van der Waals surface area contributed by atoms with E-state index < -0.39 is 10.0 Å². The van der Waals surface area contributed by atoms with Crippen molar-refractivity contribution in [2.75, 3.05) is 17.1 Å². The van der Waals surface area contributed by atoms with Crippen LogP contribution in [-0.4, -0.2) is 21.4 Å². The van der Waals surface area contributed by atoms with Gasteiger partial charge in [-0.3, -0.25) is 9.52 Å². The highest BCUT2D eigenvalue weighted by Gasteiger charge is 2.16. The number of halogens is 1.